The lowest BCUT2D eigenvalue weighted by Gasteiger charge is -2.37. The Morgan fingerprint density at radius 3 is 2.52 bits per heavy atom. The Bertz CT molecular complexity index is 1140. The van der Waals surface area contributed by atoms with Crippen molar-refractivity contribution in [3.8, 4) is 5.75 Å². The predicted molar refractivity (Wildman–Crippen MR) is 162 cm³/mol. The van der Waals surface area contributed by atoms with Crippen molar-refractivity contribution in [1.82, 2.24) is 15.1 Å². The van der Waals surface area contributed by atoms with Gasteiger partial charge in [-0.3, -0.25) is 19.3 Å². The highest BCUT2D eigenvalue weighted by Crippen LogP contribution is 2.71. The second-order valence-corrected chi connectivity index (χ2v) is 14.5. The van der Waals surface area contributed by atoms with Crippen molar-refractivity contribution in [2.45, 2.75) is 68.5 Å². The van der Waals surface area contributed by atoms with Crippen LogP contribution in [-0.2, 0) is 19.1 Å². The van der Waals surface area contributed by atoms with Gasteiger partial charge >= 0.3 is 0 Å². The summed E-state index contributed by atoms with van der Waals surface area (Å²) < 4.78 is 9.77. The number of morpholine rings is 1. The molecule has 4 heterocycles. The number of nitrogens with zero attached hydrogens (tertiary/aromatic N) is 2. The molecule has 2 unspecified atom stereocenters. The molecular weight excluding hydrogens is 556 g/mol. The number of likely N-dealkylation sites (tertiary alicyclic amines) is 1. The lowest BCUT2D eigenvalue weighted by molar-refractivity contribution is -0.142. The smallest absolute Gasteiger partial charge is 0.244 e. The zero-order valence-corrected chi connectivity index (χ0v) is 26.1. The lowest BCUT2D eigenvalue weighted by atomic mass is 9.66. The SMILES string of the molecule is CCOc1ccc(NC(=O)[C@@H]2[C@H]3C(=O)N([C@@H](CO)CC(C)C)C(C(=O)NCCN4CCOCC4)C34CC[C@@]2(C)S4)cc1. The summed E-state index contributed by atoms with van der Waals surface area (Å²) in [4.78, 5) is 46.4. The summed E-state index contributed by atoms with van der Waals surface area (Å²) in [5.74, 6) is -0.870. The first-order valence-electron chi connectivity index (χ1n) is 15.4. The van der Waals surface area contributed by atoms with E-state index in [0.29, 0.717) is 51.4 Å². The van der Waals surface area contributed by atoms with Crippen molar-refractivity contribution in [2.24, 2.45) is 17.8 Å². The maximum absolute atomic E-state index is 14.4. The summed E-state index contributed by atoms with van der Waals surface area (Å²) in [5.41, 5.74) is 0.640. The Balaban J connectivity index is 1.41. The second-order valence-electron chi connectivity index (χ2n) is 12.6. The van der Waals surface area contributed by atoms with Crippen molar-refractivity contribution in [3.63, 3.8) is 0 Å². The summed E-state index contributed by atoms with van der Waals surface area (Å²) >= 11 is 1.65. The normalized spacial score (nSPS) is 31.3. The molecule has 1 aromatic carbocycles. The Kier molecular flexibility index (Phi) is 9.42. The van der Waals surface area contributed by atoms with Crippen LogP contribution in [0, 0.1) is 17.8 Å². The van der Waals surface area contributed by atoms with Crippen molar-refractivity contribution in [1.29, 1.82) is 0 Å². The molecule has 0 radical (unpaired) electrons. The van der Waals surface area contributed by atoms with Crippen LogP contribution in [0.3, 0.4) is 0 Å². The first kappa shape index (κ1) is 31.1. The number of aliphatic hydroxyl groups is 1. The van der Waals surface area contributed by atoms with Gasteiger partial charge < -0.3 is 30.1 Å². The van der Waals surface area contributed by atoms with Crippen LogP contribution in [-0.4, -0.2) is 107 Å². The standard InChI is InChI=1S/C31H46N4O6S/c1-5-41-23-8-6-21(7-9-23)33-27(37)24-25-29(39)35(22(19-36)18-20(2)3)26(31(25)11-10-30(24,4)42-31)28(38)32-12-13-34-14-16-40-17-15-34/h6-9,20,22,24-26,36H,5,10-19H2,1-4H3,(H,32,38)(H,33,37)/t22-,24+,25+,26?,30-,31?/m1/s1. The number of amides is 3. The van der Waals surface area contributed by atoms with Crippen LogP contribution in [0.4, 0.5) is 5.69 Å². The molecule has 3 N–H and O–H groups in total. The van der Waals surface area contributed by atoms with Crippen LogP contribution in [0.25, 0.3) is 0 Å². The van der Waals surface area contributed by atoms with Gasteiger partial charge in [0.25, 0.3) is 0 Å². The fourth-order valence-corrected chi connectivity index (χ4v) is 9.90. The first-order valence-corrected chi connectivity index (χ1v) is 16.2. The third-order valence-electron chi connectivity index (χ3n) is 9.36. The molecule has 4 saturated heterocycles. The number of ether oxygens (including phenoxy) is 2. The Morgan fingerprint density at radius 2 is 1.88 bits per heavy atom. The number of carbonyl (C=O) groups is 3. The third-order valence-corrected chi connectivity index (χ3v) is 11.3. The van der Waals surface area contributed by atoms with Crippen molar-refractivity contribution in [3.05, 3.63) is 24.3 Å². The highest BCUT2D eigenvalue weighted by atomic mass is 32.2. The van der Waals surface area contributed by atoms with Gasteiger partial charge in [-0.25, -0.2) is 0 Å². The number of nitrogens with one attached hydrogen (secondary N) is 2. The van der Waals surface area contributed by atoms with Crippen LogP contribution in [0.2, 0.25) is 0 Å². The monoisotopic (exact) mass is 602 g/mol. The molecule has 5 rings (SSSR count). The number of hydrogen-bond acceptors (Lipinski definition) is 8. The molecule has 0 saturated carbocycles. The van der Waals surface area contributed by atoms with Crippen LogP contribution in [0.15, 0.2) is 24.3 Å². The predicted octanol–water partition coefficient (Wildman–Crippen LogP) is 2.36. The molecule has 4 aliphatic heterocycles. The summed E-state index contributed by atoms with van der Waals surface area (Å²) in [5, 5.41) is 16.7. The van der Waals surface area contributed by atoms with Gasteiger partial charge in [-0.15, -0.1) is 11.8 Å². The molecule has 1 spiro atoms. The topological polar surface area (TPSA) is 120 Å². The van der Waals surface area contributed by atoms with Crippen LogP contribution >= 0.6 is 11.8 Å². The van der Waals surface area contributed by atoms with E-state index < -0.39 is 33.4 Å². The largest absolute Gasteiger partial charge is 0.494 e. The Hall–Kier alpha value is -2.34. The molecular formula is C31H46N4O6S. The molecule has 232 valence electrons. The summed E-state index contributed by atoms with van der Waals surface area (Å²) in [6.45, 7) is 12.6. The van der Waals surface area contributed by atoms with Crippen LogP contribution < -0.4 is 15.4 Å². The highest BCUT2D eigenvalue weighted by molar-refractivity contribution is 8.02. The van der Waals surface area contributed by atoms with Gasteiger partial charge in [0.2, 0.25) is 17.7 Å². The zero-order chi connectivity index (χ0) is 30.1. The highest BCUT2D eigenvalue weighted by Gasteiger charge is 2.77. The molecule has 0 aromatic heterocycles. The third kappa shape index (κ3) is 5.77. The second kappa shape index (κ2) is 12.7. The van der Waals surface area contributed by atoms with Gasteiger partial charge in [0, 0.05) is 36.6 Å². The number of carbonyl (C=O) groups excluding carboxylic acids is 3. The van der Waals surface area contributed by atoms with E-state index in [4.69, 9.17) is 9.47 Å². The molecule has 4 aliphatic rings. The molecule has 6 atom stereocenters. The van der Waals surface area contributed by atoms with Crippen molar-refractivity contribution in [2.75, 3.05) is 57.9 Å². The quantitative estimate of drug-likeness (QED) is 0.334. The number of benzene rings is 1. The molecule has 0 aliphatic carbocycles. The maximum atomic E-state index is 14.4. The number of aliphatic hydroxyl groups excluding tert-OH is 1. The van der Waals surface area contributed by atoms with Crippen molar-refractivity contribution >= 4 is 35.2 Å². The van der Waals surface area contributed by atoms with Gasteiger partial charge in [-0.05, 0) is 63.3 Å². The number of rotatable bonds is 12. The van der Waals surface area contributed by atoms with Gasteiger partial charge in [-0.2, -0.15) is 0 Å². The minimum absolute atomic E-state index is 0.189. The molecule has 11 heteroatoms. The minimum Gasteiger partial charge on any atom is -0.494 e. The van der Waals surface area contributed by atoms with Crippen LogP contribution in [0.5, 0.6) is 5.75 Å². The Morgan fingerprint density at radius 1 is 1.17 bits per heavy atom. The fourth-order valence-electron chi connectivity index (χ4n) is 7.56. The molecule has 42 heavy (non-hydrogen) atoms. The Labute approximate surface area is 253 Å². The van der Waals surface area contributed by atoms with Gasteiger partial charge in [0.15, 0.2) is 0 Å². The average molecular weight is 603 g/mol. The summed E-state index contributed by atoms with van der Waals surface area (Å²) in [6, 6.07) is 6.00. The lowest BCUT2D eigenvalue weighted by Crippen LogP contribution is -2.57. The summed E-state index contributed by atoms with van der Waals surface area (Å²) in [7, 11) is 0. The molecule has 3 amide bonds. The van der Waals surface area contributed by atoms with E-state index in [0.717, 1.165) is 25.3 Å². The van der Waals surface area contributed by atoms with E-state index >= 15 is 0 Å². The van der Waals surface area contributed by atoms with E-state index in [-0.39, 0.29) is 30.2 Å². The molecule has 2 bridgehead atoms. The number of fused-ring (bicyclic) bond motifs is 1. The van der Waals surface area contributed by atoms with Crippen LogP contribution in [0.1, 0.15) is 47.0 Å². The van der Waals surface area contributed by atoms with E-state index in [9.17, 15) is 19.5 Å². The number of thioether (sulfide) groups is 1. The number of hydrogen-bond donors (Lipinski definition) is 3. The average Bonchev–Trinajstić information content (AvgIpc) is 3.54. The zero-order valence-electron chi connectivity index (χ0n) is 25.3. The molecule has 1 aromatic rings. The summed E-state index contributed by atoms with van der Waals surface area (Å²) in [6.07, 6.45) is 1.99. The van der Waals surface area contributed by atoms with Gasteiger partial charge in [0.1, 0.15) is 11.8 Å². The maximum Gasteiger partial charge on any atom is 0.244 e. The van der Waals surface area contributed by atoms with E-state index in [1.54, 1.807) is 28.8 Å². The van der Waals surface area contributed by atoms with E-state index in [1.807, 2.05) is 32.9 Å². The first-order chi connectivity index (χ1) is 20.1. The molecule has 10 nitrogen and oxygen atoms in total. The van der Waals surface area contributed by atoms with Crippen molar-refractivity contribution < 1.29 is 29.0 Å². The van der Waals surface area contributed by atoms with Gasteiger partial charge in [0.05, 0.1) is 49.1 Å². The fraction of sp³-hybridized carbons (Fsp3) is 0.710. The van der Waals surface area contributed by atoms with Gasteiger partial charge in [-0.1, -0.05) is 13.8 Å². The number of anilines is 1. The van der Waals surface area contributed by atoms with E-state index in [2.05, 4.69) is 22.5 Å². The molecule has 4 fully saturated rings. The van der Waals surface area contributed by atoms with E-state index in [1.165, 1.54) is 0 Å². The minimum atomic E-state index is -0.745.